The first-order valence-corrected chi connectivity index (χ1v) is 13.6. The highest BCUT2D eigenvalue weighted by atomic mass is 32.2. The van der Waals surface area contributed by atoms with Gasteiger partial charge in [-0.2, -0.15) is 0 Å². The molecule has 1 aliphatic carbocycles. The first kappa shape index (κ1) is 26.5. The van der Waals surface area contributed by atoms with Crippen molar-refractivity contribution < 1.29 is 24.2 Å². The van der Waals surface area contributed by atoms with Gasteiger partial charge in [-0.1, -0.05) is 31.4 Å². The van der Waals surface area contributed by atoms with Gasteiger partial charge in [-0.25, -0.2) is 4.98 Å². The number of hydrogen-bond acceptors (Lipinski definition) is 7. The molecule has 196 valence electrons. The lowest BCUT2D eigenvalue weighted by atomic mass is 9.82. The monoisotopic (exact) mass is 524 g/mol. The summed E-state index contributed by atoms with van der Waals surface area (Å²) < 4.78 is 6.56. The quantitative estimate of drug-likeness (QED) is 0.262. The number of carbonyl (C=O) groups excluding carboxylic acids is 2. The predicted octanol–water partition coefficient (Wildman–Crippen LogP) is 4.46. The zero-order valence-corrected chi connectivity index (χ0v) is 21.8. The van der Waals surface area contributed by atoms with Gasteiger partial charge in [0.1, 0.15) is 23.7 Å². The number of carboxylic acid groups (broad SMARTS) is 1. The number of nitrogens with zero attached hydrogens (tertiary/aromatic N) is 2. The van der Waals surface area contributed by atoms with Gasteiger partial charge in [0, 0.05) is 28.3 Å². The molecular formula is C27H32N4O5S. The summed E-state index contributed by atoms with van der Waals surface area (Å²) >= 11 is 1.64. The van der Waals surface area contributed by atoms with Crippen molar-refractivity contribution in [3.63, 3.8) is 0 Å². The SMILES string of the molecule is COC(=O)CNc1c(-c2ccc(SC)cc2)nc2cc(C(=O)NC(CC(=O)O)C3CCCCC3)ccn12. The van der Waals surface area contributed by atoms with Crippen LogP contribution >= 0.6 is 11.8 Å². The summed E-state index contributed by atoms with van der Waals surface area (Å²) in [6, 6.07) is 10.9. The molecule has 0 aliphatic heterocycles. The number of aromatic nitrogens is 2. The van der Waals surface area contributed by atoms with E-state index in [2.05, 4.69) is 10.6 Å². The number of amides is 1. The first-order valence-electron chi connectivity index (χ1n) is 12.4. The normalized spacial score (nSPS) is 14.8. The number of imidazole rings is 1. The van der Waals surface area contributed by atoms with Crippen LogP contribution in [0.25, 0.3) is 16.9 Å². The smallest absolute Gasteiger partial charge is 0.325 e. The summed E-state index contributed by atoms with van der Waals surface area (Å²) in [5.74, 6) is -0.888. The molecule has 10 heteroatoms. The van der Waals surface area contributed by atoms with Gasteiger partial charge in [0.15, 0.2) is 0 Å². The fraction of sp³-hybridized carbons (Fsp3) is 0.407. The van der Waals surface area contributed by atoms with Crippen molar-refractivity contribution in [2.75, 3.05) is 25.2 Å². The minimum atomic E-state index is -0.918. The van der Waals surface area contributed by atoms with Crippen LogP contribution in [0, 0.1) is 5.92 Å². The van der Waals surface area contributed by atoms with E-state index < -0.39 is 18.0 Å². The van der Waals surface area contributed by atoms with E-state index in [4.69, 9.17) is 9.72 Å². The average Bonchev–Trinajstić information content (AvgIpc) is 3.29. The molecule has 1 atom stereocenters. The molecule has 2 aromatic heterocycles. The van der Waals surface area contributed by atoms with E-state index in [-0.39, 0.29) is 24.8 Å². The van der Waals surface area contributed by atoms with Crippen molar-refractivity contribution in [1.82, 2.24) is 14.7 Å². The van der Waals surface area contributed by atoms with Crippen molar-refractivity contribution in [2.24, 2.45) is 5.92 Å². The van der Waals surface area contributed by atoms with Crippen LogP contribution in [-0.2, 0) is 14.3 Å². The highest BCUT2D eigenvalue weighted by Crippen LogP contribution is 2.31. The predicted molar refractivity (Wildman–Crippen MR) is 143 cm³/mol. The Bertz CT molecular complexity index is 1270. The van der Waals surface area contributed by atoms with Gasteiger partial charge >= 0.3 is 11.9 Å². The van der Waals surface area contributed by atoms with Crippen LogP contribution in [0.5, 0.6) is 0 Å². The van der Waals surface area contributed by atoms with Gasteiger partial charge in [-0.05, 0) is 49.3 Å². The Morgan fingerprint density at radius 3 is 2.54 bits per heavy atom. The zero-order valence-electron chi connectivity index (χ0n) is 21.0. The maximum atomic E-state index is 13.2. The molecule has 9 nitrogen and oxygen atoms in total. The number of rotatable bonds is 10. The van der Waals surface area contributed by atoms with E-state index in [0.29, 0.717) is 22.7 Å². The van der Waals surface area contributed by atoms with Crippen molar-refractivity contribution in [1.29, 1.82) is 0 Å². The molecule has 1 amide bonds. The molecule has 0 spiro atoms. The third kappa shape index (κ3) is 6.43. The molecule has 1 fully saturated rings. The third-order valence-electron chi connectivity index (χ3n) is 6.81. The van der Waals surface area contributed by atoms with Gasteiger partial charge in [0.05, 0.1) is 13.5 Å². The van der Waals surface area contributed by atoms with Crippen LogP contribution in [-0.4, -0.2) is 58.3 Å². The Labute approximate surface area is 220 Å². The number of ether oxygens (including phenoxy) is 1. The lowest BCUT2D eigenvalue weighted by Gasteiger charge is -2.30. The number of carbonyl (C=O) groups is 3. The maximum absolute atomic E-state index is 13.2. The minimum absolute atomic E-state index is 0.0410. The molecule has 1 saturated carbocycles. The van der Waals surface area contributed by atoms with Crippen molar-refractivity contribution in [3.05, 3.63) is 48.2 Å². The number of pyridine rings is 1. The lowest BCUT2D eigenvalue weighted by Crippen LogP contribution is -2.42. The van der Waals surface area contributed by atoms with Gasteiger partial charge in [-0.3, -0.25) is 18.8 Å². The third-order valence-corrected chi connectivity index (χ3v) is 7.55. The summed E-state index contributed by atoms with van der Waals surface area (Å²) in [7, 11) is 1.33. The Morgan fingerprint density at radius 1 is 1.16 bits per heavy atom. The Balaban J connectivity index is 1.64. The Kier molecular flexibility index (Phi) is 8.70. The summed E-state index contributed by atoms with van der Waals surface area (Å²) in [6.45, 7) is -0.0410. The van der Waals surface area contributed by atoms with Crippen molar-refractivity contribution in [3.8, 4) is 11.3 Å². The van der Waals surface area contributed by atoms with E-state index in [9.17, 15) is 19.5 Å². The molecule has 3 N–H and O–H groups in total. The van der Waals surface area contributed by atoms with Crippen molar-refractivity contribution in [2.45, 2.75) is 49.5 Å². The van der Waals surface area contributed by atoms with Crippen LogP contribution < -0.4 is 10.6 Å². The summed E-state index contributed by atoms with van der Waals surface area (Å²) in [5, 5.41) is 15.5. The number of esters is 1. The zero-order chi connectivity index (χ0) is 26.4. The molecular weight excluding hydrogens is 492 g/mol. The first-order chi connectivity index (χ1) is 17.9. The Hall–Kier alpha value is -3.53. The minimum Gasteiger partial charge on any atom is -0.481 e. The van der Waals surface area contributed by atoms with Crippen LogP contribution in [0.1, 0.15) is 48.9 Å². The molecule has 2 heterocycles. The molecule has 1 aromatic carbocycles. The molecule has 4 rings (SSSR count). The number of thioether (sulfide) groups is 1. The van der Waals surface area contributed by atoms with Crippen LogP contribution in [0.15, 0.2) is 47.5 Å². The van der Waals surface area contributed by atoms with E-state index >= 15 is 0 Å². The van der Waals surface area contributed by atoms with Gasteiger partial charge in [0.2, 0.25) is 0 Å². The number of aliphatic carboxylic acids is 1. The molecule has 37 heavy (non-hydrogen) atoms. The second kappa shape index (κ2) is 12.1. The van der Waals surface area contributed by atoms with E-state index in [1.807, 2.05) is 30.5 Å². The molecule has 0 saturated heterocycles. The van der Waals surface area contributed by atoms with Gasteiger partial charge in [-0.15, -0.1) is 11.8 Å². The summed E-state index contributed by atoms with van der Waals surface area (Å²) in [4.78, 5) is 42.4. The lowest BCUT2D eigenvalue weighted by molar-refractivity contribution is -0.139. The standard InChI is InChI=1S/C27H32N4O5S/c1-36-24(34)16-28-26-25(18-8-10-20(37-2)11-9-18)30-22-14-19(12-13-31(22)26)27(35)29-21(15-23(32)33)17-6-4-3-5-7-17/h8-14,17,21,28H,3-7,15-16H2,1-2H3,(H,29,35)(H,32,33). The number of benzene rings is 1. The number of methoxy groups -OCH3 is 1. The summed E-state index contributed by atoms with van der Waals surface area (Å²) in [5.41, 5.74) is 2.42. The highest BCUT2D eigenvalue weighted by molar-refractivity contribution is 7.98. The topological polar surface area (TPSA) is 122 Å². The van der Waals surface area contributed by atoms with E-state index in [1.165, 1.54) is 7.11 Å². The molecule has 0 radical (unpaired) electrons. The fourth-order valence-corrected chi connectivity index (χ4v) is 5.25. The number of fused-ring (bicyclic) bond motifs is 1. The molecule has 1 unspecified atom stereocenters. The van der Waals surface area contributed by atoms with Gasteiger partial charge in [0.25, 0.3) is 5.91 Å². The second-order valence-corrected chi connectivity index (χ2v) is 10.1. The molecule has 0 bridgehead atoms. The molecule has 3 aromatic rings. The largest absolute Gasteiger partial charge is 0.481 e. The van der Waals surface area contributed by atoms with Crippen LogP contribution in [0.4, 0.5) is 5.82 Å². The number of nitrogens with one attached hydrogen (secondary N) is 2. The highest BCUT2D eigenvalue weighted by Gasteiger charge is 2.28. The number of carboxylic acids is 1. The Morgan fingerprint density at radius 2 is 1.89 bits per heavy atom. The van der Waals surface area contributed by atoms with E-state index in [0.717, 1.165) is 42.6 Å². The maximum Gasteiger partial charge on any atom is 0.325 e. The second-order valence-electron chi connectivity index (χ2n) is 9.19. The molecule has 1 aliphatic rings. The van der Waals surface area contributed by atoms with Crippen molar-refractivity contribution >= 4 is 41.1 Å². The van der Waals surface area contributed by atoms with E-state index in [1.54, 1.807) is 34.5 Å². The fourth-order valence-electron chi connectivity index (χ4n) is 4.85. The summed E-state index contributed by atoms with van der Waals surface area (Å²) in [6.07, 6.45) is 8.73. The van der Waals surface area contributed by atoms with Gasteiger partial charge < -0.3 is 20.5 Å². The van der Waals surface area contributed by atoms with Crippen LogP contribution in [0.3, 0.4) is 0 Å². The van der Waals surface area contributed by atoms with Crippen LogP contribution in [0.2, 0.25) is 0 Å². The number of anilines is 1. The number of hydrogen-bond donors (Lipinski definition) is 3. The average molecular weight is 525 g/mol.